The number of nitrogens with one attached hydrogen (secondary N) is 1. The van der Waals surface area contributed by atoms with Crippen LogP contribution >= 0.6 is 23.2 Å². The van der Waals surface area contributed by atoms with E-state index in [1.54, 1.807) is 6.07 Å². The highest BCUT2D eigenvalue weighted by Gasteiger charge is 2.00. The molecule has 1 N–H and O–H groups in total. The molecule has 2 rings (SSSR count). The highest BCUT2D eigenvalue weighted by atomic mass is 35.5. The fourth-order valence-corrected chi connectivity index (χ4v) is 1.61. The third-order valence-electron chi connectivity index (χ3n) is 2.05. The van der Waals surface area contributed by atoms with Gasteiger partial charge in [-0.2, -0.15) is 0 Å². The van der Waals surface area contributed by atoms with Crippen LogP contribution in [-0.2, 0) is 6.54 Å². The van der Waals surface area contributed by atoms with Gasteiger partial charge in [0.25, 0.3) is 0 Å². The molecule has 5 heteroatoms. The maximum absolute atomic E-state index is 6.02. The van der Waals surface area contributed by atoms with Crippen molar-refractivity contribution in [1.82, 2.24) is 9.97 Å². The molecule has 0 aliphatic rings. The quantitative estimate of drug-likeness (QED) is 0.853. The zero-order chi connectivity index (χ0) is 11.4. The maximum atomic E-state index is 6.02. The van der Waals surface area contributed by atoms with Crippen LogP contribution in [0.1, 0.15) is 5.56 Å². The average Bonchev–Trinajstić information content (AvgIpc) is 2.28. The van der Waals surface area contributed by atoms with E-state index >= 15 is 0 Å². The van der Waals surface area contributed by atoms with Gasteiger partial charge in [0.2, 0.25) is 0 Å². The molecule has 82 valence electrons. The van der Waals surface area contributed by atoms with Crippen LogP contribution in [0.5, 0.6) is 0 Å². The Balaban J connectivity index is 2.05. The fraction of sp³-hybridized carbons (Fsp3) is 0.0909. The molecule has 0 bridgehead atoms. The van der Waals surface area contributed by atoms with Crippen molar-refractivity contribution in [3.8, 4) is 0 Å². The predicted octanol–water partition coefficient (Wildman–Crippen LogP) is 3.40. The molecule has 0 saturated carbocycles. The third-order valence-corrected chi connectivity index (χ3v) is 2.63. The van der Waals surface area contributed by atoms with Crippen molar-refractivity contribution < 1.29 is 0 Å². The smallest absolute Gasteiger partial charge is 0.134 e. The van der Waals surface area contributed by atoms with Gasteiger partial charge in [0.1, 0.15) is 17.3 Å². The van der Waals surface area contributed by atoms with Gasteiger partial charge in [-0.25, -0.2) is 9.97 Å². The lowest BCUT2D eigenvalue weighted by Gasteiger charge is -2.06. The third kappa shape index (κ3) is 2.84. The summed E-state index contributed by atoms with van der Waals surface area (Å²) >= 11 is 11.8. The Morgan fingerprint density at radius 2 is 1.94 bits per heavy atom. The summed E-state index contributed by atoms with van der Waals surface area (Å²) in [7, 11) is 0. The SMILES string of the molecule is Clc1cc(NCc2ccccc2Cl)ncn1. The summed E-state index contributed by atoms with van der Waals surface area (Å²) in [5.41, 5.74) is 1.01. The summed E-state index contributed by atoms with van der Waals surface area (Å²) in [6, 6.07) is 9.31. The number of benzene rings is 1. The Hall–Kier alpha value is -1.32. The molecule has 0 atom stereocenters. The molecule has 0 aliphatic heterocycles. The fourth-order valence-electron chi connectivity index (χ4n) is 1.26. The van der Waals surface area contributed by atoms with Crippen LogP contribution in [0.2, 0.25) is 10.2 Å². The Kier molecular flexibility index (Phi) is 3.59. The molecule has 16 heavy (non-hydrogen) atoms. The van der Waals surface area contributed by atoms with Crippen LogP contribution < -0.4 is 5.32 Å². The van der Waals surface area contributed by atoms with Gasteiger partial charge in [0, 0.05) is 17.6 Å². The van der Waals surface area contributed by atoms with Gasteiger partial charge in [-0.15, -0.1) is 0 Å². The van der Waals surface area contributed by atoms with Crippen LogP contribution in [0.4, 0.5) is 5.82 Å². The van der Waals surface area contributed by atoms with Gasteiger partial charge in [-0.05, 0) is 11.6 Å². The topological polar surface area (TPSA) is 37.8 Å². The summed E-state index contributed by atoms with van der Waals surface area (Å²) in [4.78, 5) is 7.84. The summed E-state index contributed by atoms with van der Waals surface area (Å²) in [6.45, 7) is 0.604. The van der Waals surface area contributed by atoms with Crippen molar-refractivity contribution >= 4 is 29.0 Å². The van der Waals surface area contributed by atoms with Crippen molar-refractivity contribution in [2.24, 2.45) is 0 Å². The van der Waals surface area contributed by atoms with Gasteiger partial charge >= 0.3 is 0 Å². The van der Waals surface area contributed by atoms with Gasteiger partial charge in [-0.3, -0.25) is 0 Å². The minimum atomic E-state index is 0.414. The van der Waals surface area contributed by atoms with E-state index in [-0.39, 0.29) is 0 Å². The van der Waals surface area contributed by atoms with Crippen LogP contribution in [0, 0.1) is 0 Å². The number of rotatable bonds is 3. The summed E-state index contributed by atoms with van der Waals surface area (Å²) in [5.74, 6) is 0.680. The summed E-state index contributed by atoms with van der Waals surface area (Å²) in [6.07, 6.45) is 1.41. The molecule has 0 unspecified atom stereocenters. The van der Waals surface area contributed by atoms with E-state index in [1.807, 2.05) is 24.3 Å². The number of anilines is 1. The molecule has 1 aromatic heterocycles. The van der Waals surface area contributed by atoms with Crippen molar-refractivity contribution in [2.75, 3.05) is 5.32 Å². The Morgan fingerprint density at radius 3 is 2.69 bits per heavy atom. The molecule has 0 saturated heterocycles. The van der Waals surface area contributed by atoms with Crippen LogP contribution in [0.3, 0.4) is 0 Å². The molecule has 2 aromatic rings. The van der Waals surface area contributed by atoms with Gasteiger partial charge in [-0.1, -0.05) is 41.4 Å². The second-order valence-electron chi connectivity index (χ2n) is 3.17. The molecule has 0 fully saturated rings. The van der Waals surface area contributed by atoms with Crippen molar-refractivity contribution in [1.29, 1.82) is 0 Å². The number of aromatic nitrogens is 2. The van der Waals surface area contributed by atoms with E-state index < -0.39 is 0 Å². The van der Waals surface area contributed by atoms with E-state index in [9.17, 15) is 0 Å². The Labute approximate surface area is 103 Å². The Bertz CT molecular complexity index is 488. The Morgan fingerprint density at radius 1 is 1.12 bits per heavy atom. The molecule has 0 spiro atoms. The van der Waals surface area contributed by atoms with Crippen LogP contribution in [0.15, 0.2) is 36.7 Å². The molecule has 1 aromatic carbocycles. The minimum absolute atomic E-state index is 0.414. The van der Waals surface area contributed by atoms with Crippen LogP contribution in [0.25, 0.3) is 0 Å². The molecule has 0 radical (unpaired) electrons. The lowest BCUT2D eigenvalue weighted by Crippen LogP contribution is -2.01. The first-order chi connectivity index (χ1) is 7.75. The average molecular weight is 254 g/mol. The van der Waals surface area contributed by atoms with E-state index in [0.717, 1.165) is 10.6 Å². The first-order valence-corrected chi connectivity index (χ1v) is 5.46. The molecule has 1 heterocycles. The standard InChI is InChI=1S/C11H9Cl2N3/c12-9-4-2-1-3-8(9)6-14-11-5-10(13)15-7-16-11/h1-5,7H,6H2,(H,14,15,16). The molecule has 3 nitrogen and oxygen atoms in total. The highest BCUT2D eigenvalue weighted by molar-refractivity contribution is 6.31. The van der Waals surface area contributed by atoms with Crippen molar-refractivity contribution in [3.63, 3.8) is 0 Å². The zero-order valence-electron chi connectivity index (χ0n) is 8.32. The molecule has 0 aliphatic carbocycles. The first-order valence-electron chi connectivity index (χ1n) is 4.70. The largest absolute Gasteiger partial charge is 0.366 e. The van der Waals surface area contributed by atoms with E-state index in [4.69, 9.17) is 23.2 Å². The lowest BCUT2D eigenvalue weighted by molar-refractivity contribution is 1.08. The summed E-state index contributed by atoms with van der Waals surface area (Å²) < 4.78 is 0. The zero-order valence-corrected chi connectivity index (χ0v) is 9.83. The maximum Gasteiger partial charge on any atom is 0.134 e. The predicted molar refractivity (Wildman–Crippen MR) is 65.8 cm³/mol. The number of hydrogen-bond donors (Lipinski definition) is 1. The van der Waals surface area contributed by atoms with E-state index in [0.29, 0.717) is 17.5 Å². The molecular weight excluding hydrogens is 245 g/mol. The second kappa shape index (κ2) is 5.14. The van der Waals surface area contributed by atoms with E-state index in [1.165, 1.54) is 6.33 Å². The molecular formula is C11H9Cl2N3. The highest BCUT2D eigenvalue weighted by Crippen LogP contribution is 2.16. The number of nitrogens with zero attached hydrogens (tertiary/aromatic N) is 2. The summed E-state index contributed by atoms with van der Waals surface area (Å²) in [5, 5.41) is 4.27. The second-order valence-corrected chi connectivity index (χ2v) is 3.97. The van der Waals surface area contributed by atoms with Crippen LogP contribution in [-0.4, -0.2) is 9.97 Å². The van der Waals surface area contributed by atoms with Gasteiger partial charge in [0.05, 0.1) is 0 Å². The van der Waals surface area contributed by atoms with Gasteiger partial charge < -0.3 is 5.32 Å². The van der Waals surface area contributed by atoms with Crippen molar-refractivity contribution in [2.45, 2.75) is 6.54 Å². The minimum Gasteiger partial charge on any atom is -0.366 e. The first kappa shape index (κ1) is 11.2. The number of halogens is 2. The molecule has 0 amide bonds. The monoisotopic (exact) mass is 253 g/mol. The lowest BCUT2D eigenvalue weighted by atomic mass is 10.2. The van der Waals surface area contributed by atoms with Gasteiger partial charge in [0.15, 0.2) is 0 Å². The normalized spacial score (nSPS) is 10.1. The van der Waals surface area contributed by atoms with Crippen molar-refractivity contribution in [3.05, 3.63) is 52.4 Å². The van der Waals surface area contributed by atoms with E-state index in [2.05, 4.69) is 15.3 Å². The number of hydrogen-bond acceptors (Lipinski definition) is 3.